The molecule has 2 aromatic rings. The molecule has 0 aromatic carbocycles. The van der Waals surface area contributed by atoms with E-state index in [-0.39, 0.29) is 6.04 Å². The highest BCUT2D eigenvalue weighted by molar-refractivity contribution is 7.99. The standard InChI is InChI=1S/C19H31N7OS/c1-6-16(24(4)5)18-22-23-19(28-17-13-14(2)20-15(3)21-17)26(18)8-7-25-9-11-27-12-10-25/h13,16H,6-12H2,1-5H3/t16-/m0/s1. The Labute approximate surface area is 171 Å². The Kier molecular flexibility index (Phi) is 7.39. The summed E-state index contributed by atoms with van der Waals surface area (Å²) in [5.41, 5.74) is 0.967. The molecule has 0 bridgehead atoms. The van der Waals surface area contributed by atoms with E-state index in [0.717, 1.165) is 73.3 Å². The van der Waals surface area contributed by atoms with Gasteiger partial charge in [-0.15, -0.1) is 10.2 Å². The van der Waals surface area contributed by atoms with Crippen molar-refractivity contribution in [2.24, 2.45) is 0 Å². The number of aromatic nitrogens is 5. The highest BCUT2D eigenvalue weighted by Crippen LogP contribution is 2.29. The first-order valence-corrected chi connectivity index (χ1v) is 10.7. The number of aryl methyl sites for hydroxylation is 2. The Hall–Kier alpha value is -1.55. The molecule has 1 saturated heterocycles. The minimum Gasteiger partial charge on any atom is -0.379 e. The Morgan fingerprint density at radius 1 is 1.14 bits per heavy atom. The molecular formula is C19H31N7OS. The van der Waals surface area contributed by atoms with E-state index in [1.165, 1.54) is 0 Å². The molecule has 8 nitrogen and oxygen atoms in total. The third-order valence-electron chi connectivity index (χ3n) is 4.94. The van der Waals surface area contributed by atoms with Gasteiger partial charge < -0.3 is 9.30 Å². The van der Waals surface area contributed by atoms with E-state index in [1.54, 1.807) is 11.8 Å². The van der Waals surface area contributed by atoms with Gasteiger partial charge in [0.2, 0.25) is 0 Å². The molecule has 3 rings (SSSR count). The normalized spacial score (nSPS) is 16.6. The molecule has 1 atom stereocenters. The van der Waals surface area contributed by atoms with Crippen LogP contribution >= 0.6 is 11.8 Å². The second-order valence-electron chi connectivity index (χ2n) is 7.33. The number of hydrogen-bond acceptors (Lipinski definition) is 8. The van der Waals surface area contributed by atoms with Crippen LogP contribution in [0.1, 0.15) is 36.7 Å². The summed E-state index contributed by atoms with van der Waals surface area (Å²) in [6.45, 7) is 11.5. The first-order valence-electron chi connectivity index (χ1n) is 9.87. The maximum absolute atomic E-state index is 5.47. The number of rotatable bonds is 8. The van der Waals surface area contributed by atoms with Gasteiger partial charge in [0, 0.05) is 31.9 Å². The number of ether oxygens (including phenoxy) is 1. The molecule has 0 radical (unpaired) electrons. The monoisotopic (exact) mass is 405 g/mol. The summed E-state index contributed by atoms with van der Waals surface area (Å²) >= 11 is 1.57. The van der Waals surface area contributed by atoms with Gasteiger partial charge in [-0.2, -0.15) is 0 Å². The van der Waals surface area contributed by atoms with Crippen LogP contribution in [0, 0.1) is 13.8 Å². The molecule has 0 N–H and O–H groups in total. The lowest BCUT2D eigenvalue weighted by Crippen LogP contribution is -2.38. The third-order valence-corrected chi connectivity index (χ3v) is 5.84. The number of morpholine rings is 1. The van der Waals surface area contributed by atoms with Gasteiger partial charge in [-0.3, -0.25) is 9.80 Å². The van der Waals surface area contributed by atoms with Gasteiger partial charge in [0.25, 0.3) is 0 Å². The Morgan fingerprint density at radius 3 is 2.54 bits per heavy atom. The summed E-state index contributed by atoms with van der Waals surface area (Å²) in [5, 5.41) is 10.9. The molecule has 1 aliphatic heterocycles. The maximum Gasteiger partial charge on any atom is 0.197 e. The summed E-state index contributed by atoms with van der Waals surface area (Å²) in [7, 11) is 4.19. The number of nitrogens with zero attached hydrogens (tertiary/aromatic N) is 7. The van der Waals surface area contributed by atoms with Crippen LogP contribution in [0.3, 0.4) is 0 Å². The van der Waals surface area contributed by atoms with Gasteiger partial charge in [0.15, 0.2) is 11.0 Å². The zero-order valence-electron chi connectivity index (χ0n) is 17.6. The second-order valence-corrected chi connectivity index (χ2v) is 8.32. The van der Waals surface area contributed by atoms with Crippen molar-refractivity contribution in [3.05, 3.63) is 23.4 Å². The number of hydrogen-bond donors (Lipinski definition) is 0. The molecule has 0 spiro atoms. The lowest BCUT2D eigenvalue weighted by molar-refractivity contribution is 0.0358. The van der Waals surface area contributed by atoms with Crippen LogP contribution in [-0.2, 0) is 11.3 Å². The van der Waals surface area contributed by atoms with Crippen molar-refractivity contribution in [2.45, 2.75) is 50.0 Å². The van der Waals surface area contributed by atoms with Crippen molar-refractivity contribution in [1.82, 2.24) is 34.5 Å². The van der Waals surface area contributed by atoms with E-state index in [0.29, 0.717) is 0 Å². The lowest BCUT2D eigenvalue weighted by Gasteiger charge is -2.28. The van der Waals surface area contributed by atoms with Crippen LogP contribution in [0.25, 0.3) is 0 Å². The summed E-state index contributed by atoms with van der Waals surface area (Å²) in [5.74, 6) is 1.80. The molecule has 0 saturated carbocycles. The van der Waals surface area contributed by atoms with Crippen molar-refractivity contribution >= 4 is 11.8 Å². The zero-order chi connectivity index (χ0) is 20.1. The van der Waals surface area contributed by atoms with Crippen LogP contribution in [0.2, 0.25) is 0 Å². The fourth-order valence-electron chi connectivity index (χ4n) is 3.51. The highest BCUT2D eigenvalue weighted by atomic mass is 32.2. The highest BCUT2D eigenvalue weighted by Gasteiger charge is 2.23. The molecule has 3 heterocycles. The first-order chi connectivity index (χ1) is 13.5. The van der Waals surface area contributed by atoms with E-state index in [9.17, 15) is 0 Å². The van der Waals surface area contributed by atoms with Gasteiger partial charge in [-0.25, -0.2) is 9.97 Å². The van der Waals surface area contributed by atoms with Gasteiger partial charge in [-0.1, -0.05) is 6.92 Å². The molecule has 0 unspecified atom stereocenters. The van der Waals surface area contributed by atoms with E-state index in [1.807, 2.05) is 19.9 Å². The first kappa shape index (κ1) is 21.2. The topological polar surface area (TPSA) is 72.2 Å². The van der Waals surface area contributed by atoms with E-state index in [4.69, 9.17) is 4.74 Å². The van der Waals surface area contributed by atoms with Crippen LogP contribution < -0.4 is 0 Å². The van der Waals surface area contributed by atoms with Crippen molar-refractivity contribution in [3.8, 4) is 0 Å². The molecule has 0 aliphatic carbocycles. The summed E-state index contributed by atoms with van der Waals surface area (Å²) < 4.78 is 7.74. The Bertz CT molecular complexity index is 753. The minimum absolute atomic E-state index is 0.236. The molecule has 28 heavy (non-hydrogen) atoms. The van der Waals surface area contributed by atoms with Crippen molar-refractivity contribution in [3.63, 3.8) is 0 Å². The molecule has 9 heteroatoms. The third kappa shape index (κ3) is 5.28. The van der Waals surface area contributed by atoms with Crippen molar-refractivity contribution in [1.29, 1.82) is 0 Å². The maximum atomic E-state index is 5.47. The average Bonchev–Trinajstić information content (AvgIpc) is 3.02. The molecule has 2 aromatic heterocycles. The van der Waals surface area contributed by atoms with Crippen LogP contribution in [0.15, 0.2) is 16.2 Å². The predicted octanol–water partition coefficient (Wildman–Crippen LogP) is 2.18. The van der Waals surface area contributed by atoms with Gasteiger partial charge >= 0.3 is 0 Å². The lowest BCUT2D eigenvalue weighted by atomic mass is 10.2. The fourth-order valence-corrected chi connectivity index (χ4v) is 4.48. The molecule has 1 aliphatic rings. The van der Waals surface area contributed by atoms with Crippen LogP contribution in [0.4, 0.5) is 0 Å². The zero-order valence-corrected chi connectivity index (χ0v) is 18.4. The molecule has 154 valence electrons. The predicted molar refractivity (Wildman–Crippen MR) is 110 cm³/mol. The quantitative estimate of drug-likeness (QED) is 0.619. The van der Waals surface area contributed by atoms with Gasteiger partial charge in [-0.05, 0) is 52.2 Å². The van der Waals surface area contributed by atoms with E-state index < -0.39 is 0 Å². The van der Waals surface area contributed by atoms with Gasteiger partial charge in [0.05, 0.1) is 19.3 Å². The largest absolute Gasteiger partial charge is 0.379 e. The van der Waals surface area contributed by atoms with E-state index in [2.05, 4.69) is 55.6 Å². The van der Waals surface area contributed by atoms with Crippen molar-refractivity contribution in [2.75, 3.05) is 46.9 Å². The Morgan fingerprint density at radius 2 is 1.89 bits per heavy atom. The molecular weight excluding hydrogens is 374 g/mol. The van der Waals surface area contributed by atoms with Crippen LogP contribution in [-0.4, -0.2) is 81.5 Å². The van der Waals surface area contributed by atoms with Gasteiger partial charge in [0.1, 0.15) is 10.9 Å². The smallest absolute Gasteiger partial charge is 0.197 e. The minimum atomic E-state index is 0.236. The molecule has 1 fully saturated rings. The summed E-state index contributed by atoms with van der Waals surface area (Å²) in [6, 6.07) is 2.24. The average molecular weight is 406 g/mol. The van der Waals surface area contributed by atoms with Crippen LogP contribution in [0.5, 0.6) is 0 Å². The van der Waals surface area contributed by atoms with Crippen molar-refractivity contribution < 1.29 is 4.74 Å². The summed E-state index contributed by atoms with van der Waals surface area (Å²) in [6.07, 6.45) is 0.985. The Balaban J connectivity index is 1.86. The summed E-state index contributed by atoms with van der Waals surface area (Å²) in [4.78, 5) is 13.6. The van der Waals surface area contributed by atoms with E-state index >= 15 is 0 Å². The fraction of sp³-hybridized carbons (Fsp3) is 0.684. The molecule has 0 amide bonds. The second kappa shape index (κ2) is 9.78. The SMILES string of the molecule is CC[C@@H](c1nnc(Sc2cc(C)nc(C)n2)n1CCN1CCOCC1)N(C)C.